The number of sulfonamides is 1. The molecule has 1 saturated carbocycles. The zero-order valence-corrected chi connectivity index (χ0v) is 20.2. The third kappa shape index (κ3) is 6.51. The Morgan fingerprint density at radius 1 is 1.06 bits per heavy atom. The molecule has 0 bridgehead atoms. The monoisotopic (exact) mass is 451 g/mol. The maximum absolute atomic E-state index is 12.8. The summed E-state index contributed by atoms with van der Waals surface area (Å²) in [4.78, 5) is 16.3. The van der Waals surface area contributed by atoms with Gasteiger partial charge >= 0.3 is 6.09 Å². The fourth-order valence-corrected chi connectivity index (χ4v) is 5.41. The summed E-state index contributed by atoms with van der Waals surface area (Å²) in [5.41, 5.74) is 1.13. The molecule has 174 valence electrons. The fraction of sp³-hybridized carbons (Fsp3) is 0.696. The number of benzene rings is 1. The number of ether oxygens (including phenoxy) is 1. The number of nitrogens with zero attached hydrogens (tertiary/aromatic N) is 3. The second-order valence-electron chi connectivity index (χ2n) is 9.74. The van der Waals surface area contributed by atoms with Gasteiger partial charge in [0.1, 0.15) is 5.60 Å². The molecule has 2 fully saturated rings. The Balaban J connectivity index is 1.75. The molecule has 1 aliphatic heterocycles. The van der Waals surface area contributed by atoms with Crippen LogP contribution in [-0.4, -0.2) is 64.0 Å². The molecule has 0 spiro atoms. The van der Waals surface area contributed by atoms with Gasteiger partial charge in [-0.15, -0.1) is 0 Å². The van der Waals surface area contributed by atoms with Gasteiger partial charge in [0.05, 0.1) is 17.6 Å². The highest BCUT2D eigenvalue weighted by molar-refractivity contribution is 7.92. The van der Waals surface area contributed by atoms with Gasteiger partial charge in [0, 0.05) is 32.7 Å². The molecule has 3 rings (SSSR count). The molecule has 8 heteroatoms. The van der Waals surface area contributed by atoms with E-state index < -0.39 is 15.6 Å². The Kier molecular flexibility index (Phi) is 7.39. The first kappa shape index (κ1) is 23.7. The van der Waals surface area contributed by atoms with Crippen LogP contribution in [0.25, 0.3) is 0 Å². The van der Waals surface area contributed by atoms with Crippen LogP contribution in [0.5, 0.6) is 0 Å². The second-order valence-corrected chi connectivity index (χ2v) is 11.6. The molecule has 0 unspecified atom stereocenters. The van der Waals surface area contributed by atoms with Crippen LogP contribution in [0.2, 0.25) is 0 Å². The highest BCUT2D eigenvalue weighted by atomic mass is 32.2. The highest BCUT2D eigenvalue weighted by Crippen LogP contribution is 2.34. The number of carbonyl (C=O) groups excluding carboxylic acids is 1. The van der Waals surface area contributed by atoms with Gasteiger partial charge in [-0.1, -0.05) is 31.4 Å². The lowest BCUT2D eigenvalue weighted by molar-refractivity contribution is 0.0240. The summed E-state index contributed by atoms with van der Waals surface area (Å²) >= 11 is 0. The first-order valence-electron chi connectivity index (χ1n) is 11.3. The van der Waals surface area contributed by atoms with Crippen molar-refractivity contribution in [2.45, 2.75) is 58.5 Å². The molecule has 1 saturated heterocycles. The Labute approximate surface area is 187 Å². The molecule has 1 heterocycles. The van der Waals surface area contributed by atoms with Crippen molar-refractivity contribution >= 4 is 27.5 Å². The predicted octanol–water partition coefficient (Wildman–Crippen LogP) is 4.09. The number of anilines is 2. The van der Waals surface area contributed by atoms with Crippen molar-refractivity contribution in [1.82, 2.24) is 4.90 Å². The van der Waals surface area contributed by atoms with E-state index in [0.717, 1.165) is 24.2 Å². The number of rotatable bonds is 5. The number of carbonyl (C=O) groups is 1. The molecular formula is C23H37N3O4S. The first-order chi connectivity index (χ1) is 14.5. The zero-order valence-electron chi connectivity index (χ0n) is 19.3. The molecule has 0 N–H and O–H groups in total. The molecule has 1 aromatic carbocycles. The fourth-order valence-electron chi connectivity index (χ4n) is 4.42. The van der Waals surface area contributed by atoms with Gasteiger partial charge in [-0.25, -0.2) is 13.2 Å². The summed E-state index contributed by atoms with van der Waals surface area (Å²) in [5, 5.41) is 0. The van der Waals surface area contributed by atoms with Crippen LogP contribution in [0.4, 0.5) is 16.2 Å². The molecule has 1 amide bonds. The largest absolute Gasteiger partial charge is 0.444 e. The molecule has 0 radical (unpaired) electrons. The van der Waals surface area contributed by atoms with Crippen molar-refractivity contribution in [2.24, 2.45) is 5.92 Å². The van der Waals surface area contributed by atoms with Crippen LogP contribution in [0.1, 0.15) is 52.9 Å². The lowest BCUT2D eigenvalue weighted by Crippen LogP contribution is -2.50. The average Bonchev–Trinajstić information content (AvgIpc) is 2.71. The van der Waals surface area contributed by atoms with E-state index in [1.54, 1.807) is 9.21 Å². The predicted molar refractivity (Wildman–Crippen MR) is 125 cm³/mol. The van der Waals surface area contributed by atoms with Crippen LogP contribution in [-0.2, 0) is 14.8 Å². The lowest BCUT2D eigenvalue weighted by Gasteiger charge is -2.39. The SMILES string of the molecule is CC(C)(C)OC(=O)N1CCN(c2ccccc2N(CC2CCCCC2)S(C)(=O)=O)CC1. The number of para-hydroxylation sites is 2. The van der Waals surface area contributed by atoms with Crippen molar-refractivity contribution in [3.8, 4) is 0 Å². The van der Waals surface area contributed by atoms with Crippen LogP contribution in [0, 0.1) is 5.92 Å². The van der Waals surface area contributed by atoms with E-state index in [1.165, 1.54) is 25.5 Å². The van der Waals surface area contributed by atoms with Gasteiger partial charge in [-0.2, -0.15) is 0 Å². The third-order valence-corrected chi connectivity index (χ3v) is 7.12. The van der Waals surface area contributed by atoms with Gasteiger partial charge in [0.15, 0.2) is 0 Å². The first-order valence-corrected chi connectivity index (χ1v) is 13.2. The summed E-state index contributed by atoms with van der Waals surface area (Å²) in [6.45, 7) is 8.49. The quantitative estimate of drug-likeness (QED) is 0.674. The normalized spacial score (nSPS) is 18.7. The summed E-state index contributed by atoms with van der Waals surface area (Å²) in [7, 11) is -3.40. The van der Waals surface area contributed by atoms with Crippen molar-refractivity contribution in [3.05, 3.63) is 24.3 Å². The maximum atomic E-state index is 12.8. The van der Waals surface area contributed by atoms with E-state index in [2.05, 4.69) is 4.90 Å². The molecule has 0 aromatic heterocycles. The Bertz CT molecular complexity index is 852. The van der Waals surface area contributed by atoms with Crippen LogP contribution in [0.3, 0.4) is 0 Å². The summed E-state index contributed by atoms with van der Waals surface area (Å²) in [5.74, 6) is 0.403. The molecule has 1 aromatic rings. The standard InChI is InChI=1S/C23H37N3O4S/c1-23(2,3)30-22(27)25-16-14-24(15-17-25)20-12-8-9-13-21(20)26(31(4,28)29)18-19-10-6-5-7-11-19/h8-9,12-13,19H,5-7,10-11,14-18H2,1-4H3. The highest BCUT2D eigenvalue weighted by Gasteiger charge is 2.30. The van der Waals surface area contributed by atoms with Crippen LogP contribution >= 0.6 is 0 Å². The van der Waals surface area contributed by atoms with Gasteiger partial charge in [0.2, 0.25) is 10.0 Å². The number of amides is 1. The van der Waals surface area contributed by atoms with Crippen LogP contribution < -0.4 is 9.21 Å². The Morgan fingerprint density at radius 2 is 1.68 bits per heavy atom. The van der Waals surface area contributed by atoms with Gasteiger partial charge in [0.25, 0.3) is 0 Å². The van der Waals surface area contributed by atoms with Gasteiger partial charge in [-0.3, -0.25) is 4.31 Å². The van der Waals surface area contributed by atoms with Crippen molar-refractivity contribution in [1.29, 1.82) is 0 Å². The number of hydrogen-bond acceptors (Lipinski definition) is 5. The topological polar surface area (TPSA) is 70.2 Å². The van der Waals surface area contributed by atoms with E-state index in [1.807, 2.05) is 45.0 Å². The zero-order chi connectivity index (χ0) is 22.6. The van der Waals surface area contributed by atoms with Crippen molar-refractivity contribution in [3.63, 3.8) is 0 Å². The molecule has 7 nitrogen and oxygen atoms in total. The third-order valence-electron chi connectivity index (χ3n) is 5.97. The second kappa shape index (κ2) is 9.67. The number of hydrogen-bond donors (Lipinski definition) is 0. The molecule has 31 heavy (non-hydrogen) atoms. The summed E-state index contributed by atoms with van der Waals surface area (Å²) in [6.07, 6.45) is 6.77. The summed E-state index contributed by atoms with van der Waals surface area (Å²) < 4.78 is 32.6. The average molecular weight is 452 g/mol. The molecule has 0 atom stereocenters. The Morgan fingerprint density at radius 3 is 2.26 bits per heavy atom. The van der Waals surface area contributed by atoms with E-state index in [4.69, 9.17) is 4.74 Å². The molecular weight excluding hydrogens is 414 g/mol. The number of piperazine rings is 1. The van der Waals surface area contributed by atoms with Crippen molar-refractivity contribution < 1.29 is 17.9 Å². The molecule has 2 aliphatic rings. The smallest absolute Gasteiger partial charge is 0.410 e. The van der Waals surface area contributed by atoms with Gasteiger partial charge < -0.3 is 14.5 Å². The van der Waals surface area contributed by atoms with E-state index >= 15 is 0 Å². The van der Waals surface area contributed by atoms with Crippen LogP contribution in [0.15, 0.2) is 24.3 Å². The van der Waals surface area contributed by atoms with Crippen molar-refractivity contribution in [2.75, 3.05) is 48.2 Å². The minimum Gasteiger partial charge on any atom is -0.444 e. The molecule has 1 aliphatic carbocycles. The van der Waals surface area contributed by atoms with E-state index in [0.29, 0.717) is 38.6 Å². The van der Waals surface area contributed by atoms with E-state index in [-0.39, 0.29) is 6.09 Å². The van der Waals surface area contributed by atoms with Gasteiger partial charge in [-0.05, 0) is 51.7 Å². The Hall–Kier alpha value is -1.96. The van der Waals surface area contributed by atoms with E-state index in [9.17, 15) is 13.2 Å². The minimum atomic E-state index is -3.40. The minimum absolute atomic E-state index is 0.296. The summed E-state index contributed by atoms with van der Waals surface area (Å²) in [6, 6.07) is 7.73. The lowest BCUT2D eigenvalue weighted by atomic mass is 9.89. The maximum Gasteiger partial charge on any atom is 0.410 e.